The normalized spacial score (nSPS) is 26.9. The molecule has 1 aliphatic heterocycles. The molecule has 0 aromatic heterocycles. The van der Waals surface area contributed by atoms with E-state index >= 15 is 0 Å². The molecule has 2 aromatic carbocycles. The Hall–Kier alpha value is -1.93. The highest BCUT2D eigenvalue weighted by Gasteiger charge is 2.49. The van der Waals surface area contributed by atoms with Crippen molar-refractivity contribution >= 4 is 10.0 Å². The summed E-state index contributed by atoms with van der Waals surface area (Å²) >= 11 is 0. The number of sulfonamides is 1. The number of benzene rings is 2. The van der Waals surface area contributed by atoms with Crippen molar-refractivity contribution in [1.29, 1.82) is 0 Å². The molecule has 6 nitrogen and oxygen atoms in total. The smallest absolute Gasteiger partial charge is 0.238 e. The van der Waals surface area contributed by atoms with Crippen molar-refractivity contribution in [2.45, 2.75) is 48.6 Å². The van der Waals surface area contributed by atoms with Crippen LogP contribution in [0, 0.1) is 0 Å². The number of primary sulfonamides is 1. The number of hydrogen-bond donors (Lipinski definition) is 3. The summed E-state index contributed by atoms with van der Waals surface area (Å²) in [5.74, 6) is 0.330. The fourth-order valence-corrected chi connectivity index (χ4v) is 5.58. The van der Waals surface area contributed by atoms with E-state index in [2.05, 4.69) is 30.3 Å². The molecule has 1 unspecified atom stereocenters. The maximum atomic E-state index is 11.4. The summed E-state index contributed by atoms with van der Waals surface area (Å²) in [6.07, 6.45) is 2.82. The summed E-state index contributed by atoms with van der Waals surface area (Å²) in [6, 6.07) is 13.3. The monoisotopic (exact) mass is 415 g/mol. The average molecular weight is 416 g/mol. The lowest BCUT2D eigenvalue weighted by atomic mass is 9.61. The van der Waals surface area contributed by atoms with E-state index in [9.17, 15) is 13.5 Å². The minimum Gasteiger partial charge on any atom is -0.508 e. The molecule has 1 fully saturated rings. The predicted octanol–water partition coefficient (Wildman–Crippen LogP) is 1.76. The highest BCUT2D eigenvalue weighted by atomic mass is 32.2. The zero-order valence-electron chi connectivity index (χ0n) is 16.9. The molecule has 0 saturated carbocycles. The maximum absolute atomic E-state index is 11.4. The quantitative estimate of drug-likeness (QED) is 0.692. The molecule has 4 rings (SSSR count). The average Bonchev–Trinajstić information content (AvgIpc) is 2.67. The van der Waals surface area contributed by atoms with Crippen LogP contribution in [0.15, 0.2) is 47.4 Å². The van der Waals surface area contributed by atoms with E-state index in [-0.39, 0.29) is 10.3 Å². The lowest BCUT2D eigenvalue weighted by molar-refractivity contribution is 0.0663. The Kier molecular flexibility index (Phi) is 5.19. The number of rotatable bonds is 5. The number of likely N-dealkylation sites (N-methyl/N-ethyl adjacent to an activating group) is 1. The lowest BCUT2D eigenvalue weighted by Crippen LogP contribution is -2.66. The number of phenols is 1. The fraction of sp³-hybridized carbons (Fsp3) is 0.455. The van der Waals surface area contributed by atoms with Gasteiger partial charge in [0.2, 0.25) is 10.0 Å². The molecule has 1 aliphatic carbocycles. The highest BCUT2D eigenvalue weighted by Crippen LogP contribution is 2.45. The van der Waals surface area contributed by atoms with Crippen LogP contribution in [0.25, 0.3) is 0 Å². The Morgan fingerprint density at radius 1 is 1.24 bits per heavy atom. The van der Waals surface area contributed by atoms with Crippen LogP contribution in [0.4, 0.5) is 0 Å². The van der Waals surface area contributed by atoms with Gasteiger partial charge in [-0.1, -0.05) is 25.1 Å². The topological polar surface area (TPSA) is 95.7 Å². The minimum atomic E-state index is -3.66. The summed E-state index contributed by atoms with van der Waals surface area (Å²) in [5, 5.41) is 19.0. The van der Waals surface area contributed by atoms with Gasteiger partial charge in [-0.05, 0) is 80.4 Å². The molecule has 156 valence electrons. The number of nitrogens with zero attached hydrogens (tertiary/aromatic N) is 1. The zero-order valence-corrected chi connectivity index (χ0v) is 17.7. The van der Waals surface area contributed by atoms with Crippen LogP contribution in [0.2, 0.25) is 0 Å². The van der Waals surface area contributed by atoms with E-state index in [4.69, 9.17) is 5.14 Å². The van der Waals surface area contributed by atoms with Crippen LogP contribution in [-0.2, 0) is 28.3 Å². The molecule has 7 heteroatoms. The van der Waals surface area contributed by atoms with Gasteiger partial charge < -0.3 is 15.3 Å². The van der Waals surface area contributed by atoms with E-state index in [0.717, 1.165) is 37.9 Å². The minimum absolute atomic E-state index is 0.0268. The number of hydrogen-bond acceptors (Lipinski definition) is 5. The van der Waals surface area contributed by atoms with Crippen molar-refractivity contribution in [3.05, 3.63) is 59.2 Å². The molecule has 2 aliphatic rings. The number of phenolic OH excluding ortho intramolecular Hbond substituents is 1. The lowest BCUT2D eigenvalue weighted by Gasteiger charge is -2.55. The van der Waals surface area contributed by atoms with Crippen molar-refractivity contribution in [1.82, 2.24) is 10.2 Å². The molecular formula is C22H29N3O3S. The van der Waals surface area contributed by atoms with Gasteiger partial charge in [0, 0.05) is 17.5 Å². The van der Waals surface area contributed by atoms with E-state index in [1.165, 1.54) is 11.1 Å². The molecule has 0 spiro atoms. The molecule has 2 bridgehead atoms. The molecular weight excluding hydrogens is 386 g/mol. The number of aromatic hydroxyl groups is 1. The third-order valence-corrected chi connectivity index (χ3v) is 7.72. The second-order valence-corrected chi connectivity index (χ2v) is 10.2. The molecule has 4 N–H and O–H groups in total. The SMILES string of the molecule is CN1CCC2(C)c3cc(O)ccc3C[C@@H]1[C@H]2NCCc1ccc(S(N)(=O)=O)cc1. The Morgan fingerprint density at radius 3 is 2.66 bits per heavy atom. The second kappa shape index (κ2) is 7.40. The van der Waals surface area contributed by atoms with Gasteiger partial charge in [0.25, 0.3) is 0 Å². The zero-order chi connectivity index (χ0) is 20.8. The maximum Gasteiger partial charge on any atom is 0.238 e. The first-order valence-electron chi connectivity index (χ1n) is 10.1. The van der Waals surface area contributed by atoms with Gasteiger partial charge in [-0.25, -0.2) is 13.6 Å². The van der Waals surface area contributed by atoms with Crippen LogP contribution in [0.3, 0.4) is 0 Å². The molecule has 29 heavy (non-hydrogen) atoms. The number of nitrogens with one attached hydrogen (secondary N) is 1. The first-order valence-corrected chi connectivity index (χ1v) is 11.6. The van der Waals surface area contributed by atoms with E-state index in [1.807, 2.05) is 18.2 Å². The third kappa shape index (κ3) is 3.80. The molecule has 0 radical (unpaired) electrons. The molecule has 3 atom stereocenters. The fourth-order valence-electron chi connectivity index (χ4n) is 5.06. The largest absolute Gasteiger partial charge is 0.508 e. The predicted molar refractivity (Wildman–Crippen MR) is 114 cm³/mol. The van der Waals surface area contributed by atoms with Crippen LogP contribution in [-0.4, -0.2) is 50.6 Å². The van der Waals surface area contributed by atoms with Crippen LogP contribution >= 0.6 is 0 Å². The Balaban J connectivity index is 1.51. The van der Waals surface area contributed by atoms with E-state index in [1.54, 1.807) is 18.2 Å². The molecule has 2 aromatic rings. The van der Waals surface area contributed by atoms with Crippen molar-refractivity contribution in [3.8, 4) is 5.75 Å². The van der Waals surface area contributed by atoms with Gasteiger partial charge in [0.05, 0.1) is 4.90 Å². The van der Waals surface area contributed by atoms with E-state index in [0.29, 0.717) is 17.8 Å². The summed E-state index contributed by atoms with van der Waals surface area (Å²) in [5.41, 5.74) is 3.64. The molecule has 0 amide bonds. The van der Waals surface area contributed by atoms with Crippen LogP contribution in [0.1, 0.15) is 30.0 Å². The first-order chi connectivity index (χ1) is 13.7. The Bertz CT molecular complexity index is 1010. The summed E-state index contributed by atoms with van der Waals surface area (Å²) in [6.45, 7) is 4.15. The Labute approximate surface area is 172 Å². The van der Waals surface area contributed by atoms with Gasteiger partial charge in [-0.3, -0.25) is 0 Å². The molecule has 1 heterocycles. The van der Waals surface area contributed by atoms with Gasteiger partial charge in [0.1, 0.15) is 5.75 Å². The van der Waals surface area contributed by atoms with Crippen LogP contribution in [0.5, 0.6) is 5.75 Å². The number of fused-ring (bicyclic) bond motifs is 4. The summed E-state index contributed by atoms with van der Waals surface area (Å²) in [7, 11) is -1.46. The van der Waals surface area contributed by atoms with Crippen molar-refractivity contribution in [3.63, 3.8) is 0 Å². The van der Waals surface area contributed by atoms with Gasteiger partial charge in [-0.15, -0.1) is 0 Å². The van der Waals surface area contributed by atoms with Crippen molar-refractivity contribution in [2.75, 3.05) is 20.1 Å². The van der Waals surface area contributed by atoms with Crippen molar-refractivity contribution in [2.24, 2.45) is 5.14 Å². The van der Waals surface area contributed by atoms with Crippen LogP contribution < -0.4 is 10.5 Å². The Morgan fingerprint density at radius 2 is 1.97 bits per heavy atom. The first kappa shape index (κ1) is 20.3. The standard InChI is InChI=1S/C22H29N3O3S/c1-22-10-12-25(2)20(13-16-5-6-17(26)14-19(16)22)21(22)24-11-9-15-3-7-18(8-4-15)29(23,27)28/h3-8,14,20-21,24,26H,9-13H2,1-2H3,(H2,23,27,28)/t20-,21-,22?/m1/s1. The van der Waals surface area contributed by atoms with Gasteiger partial charge >= 0.3 is 0 Å². The summed E-state index contributed by atoms with van der Waals surface area (Å²) < 4.78 is 22.8. The van der Waals surface area contributed by atoms with Crippen molar-refractivity contribution < 1.29 is 13.5 Å². The summed E-state index contributed by atoms with van der Waals surface area (Å²) in [4.78, 5) is 2.58. The van der Waals surface area contributed by atoms with E-state index < -0.39 is 10.0 Å². The molecule has 1 saturated heterocycles. The van der Waals surface area contributed by atoms with Gasteiger partial charge in [0.15, 0.2) is 0 Å². The number of piperidine rings is 1. The van der Waals surface area contributed by atoms with Gasteiger partial charge in [-0.2, -0.15) is 0 Å². The third-order valence-electron chi connectivity index (χ3n) is 6.79. The number of likely N-dealkylation sites (tertiary alicyclic amines) is 1. The second-order valence-electron chi connectivity index (χ2n) is 8.63. The highest BCUT2D eigenvalue weighted by molar-refractivity contribution is 7.89. The number of nitrogens with two attached hydrogens (primary N) is 1.